The maximum absolute atomic E-state index is 13.1. The molecule has 0 amide bonds. The van der Waals surface area contributed by atoms with Gasteiger partial charge in [0.1, 0.15) is 5.69 Å². The lowest BCUT2D eigenvalue weighted by atomic mass is 10.1. The van der Waals surface area contributed by atoms with E-state index in [1.165, 1.54) is 13.8 Å². The van der Waals surface area contributed by atoms with Gasteiger partial charge in [0.05, 0.1) is 15.4 Å². The summed E-state index contributed by atoms with van der Waals surface area (Å²) < 4.78 is 39.2. The molecule has 0 aliphatic heterocycles. The Morgan fingerprint density at radius 1 is 1.05 bits per heavy atom. The van der Waals surface area contributed by atoms with E-state index in [0.717, 1.165) is 0 Å². The summed E-state index contributed by atoms with van der Waals surface area (Å²) in [7, 11) is 0. The lowest BCUT2D eigenvalue weighted by Crippen LogP contribution is -2.16. The van der Waals surface area contributed by atoms with Crippen molar-refractivity contribution < 1.29 is 23.0 Å². The number of hydrogen-bond acceptors (Lipinski definition) is 6. The molecule has 0 spiro atoms. The normalized spacial score (nSPS) is 11.1. The van der Waals surface area contributed by atoms with Gasteiger partial charge in [-0.2, -0.15) is 13.2 Å². The molecular formula is C11H13F3N4O4. The third kappa shape index (κ3) is 3.35. The summed E-state index contributed by atoms with van der Waals surface area (Å²) in [6.45, 7) is 3.02. The number of nitrogens with zero attached hydrogens (tertiary/aromatic N) is 2. The highest BCUT2D eigenvalue weighted by Gasteiger charge is 2.42. The van der Waals surface area contributed by atoms with Crippen molar-refractivity contribution in [3.8, 4) is 0 Å². The molecule has 22 heavy (non-hydrogen) atoms. The Kier molecular flexibility index (Phi) is 5.12. The Morgan fingerprint density at radius 3 is 1.91 bits per heavy atom. The van der Waals surface area contributed by atoms with E-state index in [1.807, 2.05) is 0 Å². The van der Waals surface area contributed by atoms with Crippen LogP contribution in [-0.4, -0.2) is 22.9 Å². The van der Waals surface area contributed by atoms with Crippen LogP contribution in [0.2, 0.25) is 0 Å². The molecule has 0 atom stereocenters. The van der Waals surface area contributed by atoms with Crippen molar-refractivity contribution in [1.82, 2.24) is 0 Å². The second kappa shape index (κ2) is 6.45. The Bertz CT molecular complexity index is 604. The van der Waals surface area contributed by atoms with Crippen LogP contribution in [0.3, 0.4) is 0 Å². The minimum Gasteiger partial charge on any atom is -0.379 e. The van der Waals surface area contributed by atoms with Crippen molar-refractivity contribution in [2.24, 2.45) is 0 Å². The lowest BCUT2D eigenvalue weighted by molar-refractivity contribution is -0.392. The van der Waals surface area contributed by atoms with Crippen LogP contribution in [-0.2, 0) is 6.18 Å². The number of halogens is 3. The van der Waals surface area contributed by atoms with Crippen LogP contribution in [0.15, 0.2) is 6.07 Å². The zero-order valence-electron chi connectivity index (χ0n) is 11.7. The van der Waals surface area contributed by atoms with Gasteiger partial charge in [0.25, 0.3) is 5.69 Å². The van der Waals surface area contributed by atoms with Crippen molar-refractivity contribution in [3.63, 3.8) is 0 Å². The van der Waals surface area contributed by atoms with E-state index in [4.69, 9.17) is 0 Å². The summed E-state index contributed by atoms with van der Waals surface area (Å²) in [5.74, 6) is 0. The molecular weight excluding hydrogens is 309 g/mol. The fourth-order valence-corrected chi connectivity index (χ4v) is 1.91. The second-order valence-corrected chi connectivity index (χ2v) is 4.11. The topological polar surface area (TPSA) is 110 Å². The second-order valence-electron chi connectivity index (χ2n) is 4.11. The summed E-state index contributed by atoms with van der Waals surface area (Å²) in [4.78, 5) is 20.0. The molecule has 8 nitrogen and oxygen atoms in total. The average molecular weight is 322 g/mol. The Labute approximate surface area is 122 Å². The summed E-state index contributed by atoms with van der Waals surface area (Å²) in [5.41, 5.74) is -4.79. The molecule has 0 saturated heterocycles. The molecule has 0 radical (unpaired) electrons. The van der Waals surface area contributed by atoms with Gasteiger partial charge in [-0.05, 0) is 13.8 Å². The van der Waals surface area contributed by atoms with Crippen LogP contribution in [0.4, 0.5) is 35.9 Å². The first kappa shape index (κ1) is 17.5. The molecule has 11 heteroatoms. The zero-order chi connectivity index (χ0) is 17.1. The molecule has 0 fully saturated rings. The van der Waals surface area contributed by atoms with Crippen molar-refractivity contribution in [2.75, 3.05) is 23.7 Å². The highest BCUT2D eigenvalue weighted by atomic mass is 19.4. The highest BCUT2D eigenvalue weighted by molar-refractivity contribution is 5.86. The van der Waals surface area contributed by atoms with E-state index in [2.05, 4.69) is 10.6 Å². The molecule has 0 heterocycles. The first-order valence-electron chi connectivity index (χ1n) is 6.19. The minimum atomic E-state index is -4.97. The number of hydrogen-bond donors (Lipinski definition) is 2. The van der Waals surface area contributed by atoms with E-state index in [9.17, 15) is 33.4 Å². The number of rotatable bonds is 6. The zero-order valence-corrected chi connectivity index (χ0v) is 11.7. The van der Waals surface area contributed by atoms with Crippen molar-refractivity contribution in [1.29, 1.82) is 0 Å². The number of nitrogens with one attached hydrogen (secondary N) is 2. The van der Waals surface area contributed by atoms with E-state index < -0.39 is 44.3 Å². The van der Waals surface area contributed by atoms with Gasteiger partial charge in [0.15, 0.2) is 5.69 Å². The predicted octanol–water partition coefficient (Wildman–Crippen LogP) is 3.39. The fraction of sp³-hybridized carbons (Fsp3) is 0.455. The van der Waals surface area contributed by atoms with Gasteiger partial charge < -0.3 is 10.6 Å². The van der Waals surface area contributed by atoms with Gasteiger partial charge >= 0.3 is 11.9 Å². The number of nitro benzene ring substituents is 2. The van der Waals surface area contributed by atoms with Crippen LogP contribution >= 0.6 is 0 Å². The highest BCUT2D eigenvalue weighted by Crippen LogP contribution is 2.48. The summed E-state index contributed by atoms with van der Waals surface area (Å²) >= 11 is 0. The summed E-state index contributed by atoms with van der Waals surface area (Å²) in [6.07, 6.45) is -4.97. The molecule has 1 rings (SSSR count). The third-order valence-corrected chi connectivity index (χ3v) is 2.67. The molecule has 1 aromatic carbocycles. The van der Waals surface area contributed by atoms with E-state index in [0.29, 0.717) is 6.07 Å². The third-order valence-electron chi connectivity index (χ3n) is 2.67. The van der Waals surface area contributed by atoms with Crippen LogP contribution in [0.5, 0.6) is 0 Å². The molecule has 0 bridgehead atoms. The molecule has 0 aliphatic carbocycles. The Morgan fingerprint density at radius 2 is 1.55 bits per heavy atom. The molecule has 0 saturated carbocycles. The molecule has 0 aromatic heterocycles. The Balaban J connectivity index is 3.89. The van der Waals surface area contributed by atoms with Gasteiger partial charge in [-0.3, -0.25) is 20.2 Å². The van der Waals surface area contributed by atoms with Gasteiger partial charge in [0, 0.05) is 19.2 Å². The number of alkyl halides is 3. The van der Waals surface area contributed by atoms with Gasteiger partial charge in [-0.25, -0.2) is 0 Å². The molecule has 2 N–H and O–H groups in total. The molecule has 0 aliphatic rings. The Hall–Kier alpha value is -2.59. The molecule has 1 aromatic rings. The fourth-order valence-electron chi connectivity index (χ4n) is 1.91. The quantitative estimate of drug-likeness (QED) is 0.613. The van der Waals surface area contributed by atoms with Gasteiger partial charge in [-0.15, -0.1) is 0 Å². The van der Waals surface area contributed by atoms with E-state index in [-0.39, 0.29) is 13.1 Å². The smallest absolute Gasteiger partial charge is 0.379 e. The van der Waals surface area contributed by atoms with Crippen LogP contribution in [0, 0.1) is 20.2 Å². The number of nitro groups is 2. The lowest BCUT2D eigenvalue weighted by Gasteiger charge is -2.16. The SMILES string of the molecule is CCNc1c([N+](=O)[O-])cc(C(F)(F)F)c(NCC)c1[N+](=O)[O-]. The monoisotopic (exact) mass is 322 g/mol. The largest absolute Gasteiger partial charge is 0.418 e. The van der Waals surface area contributed by atoms with Crippen LogP contribution in [0.1, 0.15) is 19.4 Å². The summed E-state index contributed by atoms with van der Waals surface area (Å²) in [5, 5.41) is 26.8. The van der Waals surface area contributed by atoms with Gasteiger partial charge in [-0.1, -0.05) is 0 Å². The number of benzene rings is 1. The molecule has 122 valence electrons. The maximum Gasteiger partial charge on any atom is 0.418 e. The predicted molar refractivity (Wildman–Crippen MR) is 73.1 cm³/mol. The standard InChI is InChI=1S/C11H13F3N4O4/c1-3-15-8-6(11(12,13)14)5-7(17(19)20)9(16-4-2)10(8)18(21)22/h5,15-16H,3-4H2,1-2H3. The van der Waals surface area contributed by atoms with Crippen LogP contribution in [0.25, 0.3) is 0 Å². The number of anilines is 2. The average Bonchev–Trinajstić information content (AvgIpc) is 2.37. The minimum absolute atomic E-state index is 0.0205. The van der Waals surface area contributed by atoms with Crippen LogP contribution < -0.4 is 10.6 Å². The first-order valence-corrected chi connectivity index (χ1v) is 6.19. The van der Waals surface area contributed by atoms with Crippen molar-refractivity contribution in [2.45, 2.75) is 20.0 Å². The first-order chi connectivity index (χ1) is 10.1. The summed E-state index contributed by atoms with van der Waals surface area (Å²) in [6, 6.07) is 0.295. The van der Waals surface area contributed by atoms with E-state index >= 15 is 0 Å². The molecule has 0 unspecified atom stereocenters. The van der Waals surface area contributed by atoms with Crippen molar-refractivity contribution >= 4 is 22.7 Å². The maximum atomic E-state index is 13.1. The van der Waals surface area contributed by atoms with Gasteiger partial charge in [0.2, 0.25) is 0 Å². The van der Waals surface area contributed by atoms with Crippen molar-refractivity contribution in [3.05, 3.63) is 31.9 Å². The van der Waals surface area contributed by atoms with E-state index in [1.54, 1.807) is 0 Å².